The van der Waals surface area contributed by atoms with Crippen LogP contribution in [0.2, 0.25) is 0 Å². The normalized spacial score (nSPS) is 8.14. The first-order valence-electron chi connectivity index (χ1n) is 2.56. The molecular weight excluding hydrogens is 84.9 g/mol. The molecule has 0 aromatic heterocycles. The molecule has 0 fully saturated rings. The molecule has 0 saturated heterocycles. The van der Waals surface area contributed by atoms with Crippen molar-refractivity contribution in [1.82, 2.24) is 4.90 Å². The molecule has 39 valence electrons. The second-order valence-electron chi connectivity index (χ2n) is 1.63. The molecule has 0 heterocycles. The molecule has 0 aromatic rings. The van der Waals surface area contributed by atoms with Crippen molar-refractivity contribution in [2.45, 2.75) is 13.3 Å². The number of hydrogen-bond acceptors (Lipinski definition) is 1. The Morgan fingerprint density at radius 2 is 2.29 bits per heavy atom. The Morgan fingerprint density at radius 3 is 2.43 bits per heavy atom. The summed E-state index contributed by atoms with van der Waals surface area (Å²) in [5.41, 5.74) is 0. The molecule has 0 unspecified atom stereocenters. The third-order valence-electron chi connectivity index (χ3n) is 0.831. The van der Waals surface area contributed by atoms with E-state index in [0.29, 0.717) is 0 Å². The molecule has 1 radical (unpaired) electrons. The molecule has 0 rings (SSSR count). The van der Waals surface area contributed by atoms with Gasteiger partial charge in [0.1, 0.15) is 0 Å². The fourth-order valence-electron chi connectivity index (χ4n) is 0.427. The van der Waals surface area contributed by atoms with Gasteiger partial charge in [0.05, 0.1) is 0 Å². The van der Waals surface area contributed by atoms with E-state index in [1.807, 2.05) is 11.9 Å². The van der Waals surface area contributed by atoms with E-state index in [1.54, 1.807) is 6.09 Å². The van der Waals surface area contributed by atoms with Crippen LogP contribution in [-0.2, 0) is 0 Å². The monoisotopic (exact) mass is 96.1 g/mol. The Kier molecular flexibility index (Phi) is 3.76. The summed E-state index contributed by atoms with van der Waals surface area (Å²) in [7, 11) is 7.12. The van der Waals surface area contributed by atoms with E-state index in [0.717, 1.165) is 13.0 Å². The van der Waals surface area contributed by atoms with Crippen LogP contribution in [0.15, 0.2) is 0 Å². The number of hydrogen-bond donors (Lipinski definition) is 0. The van der Waals surface area contributed by atoms with Gasteiger partial charge < -0.3 is 0 Å². The van der Waals surface area contributed by atoms with Gasteiger partial charge in [-0.3, -0.25) is 0 Å². The number of rotatable bonds is 3. The zero-order chi connectivity index (χ0) is 5.70. The van der Waals surface area contributed by atoms with Gasteiger partial charge in [-0.15, -0.1) is 0 Å². The van der Waals surface area contributed by atoms with E-state index >= 15 is 0 Å². The van der Waals surface area contributed by atoms with Gasteiger partial charge in [0.15, 0.2) is 0 Å². The molecule has 0 amide bonds. The molecule has 0 aliphatic carbocycles. The quantitative estimate of drug-likeness (QED) is 0.455. The van der Waals surface area contributed by atoms with E-state index < -0.39 is 0 Å². The van der Waals surface area contributed by atoms with Gasteiger partial charge in [-0.25, -0.2) is 0 Å². The molecule has 0 saturated carbocycles. The Morgan fingerprint density at radius 1 is 1.71 bits per heavy atom. The van der Waals surface area contributed by atoms with Gasteiger partial charge in [0, 0.05) is 0 Å². The standard InChI is InChI=1S/C5H11BN/c1-3-4-7(2)5-6/h5H,3-4H2,1-2H3. The van der Waals surface area contributed by atoms with Crippen LogP contribution in [0.5, 0.6) is 0 Å². The van der Waals surface area contributed by atoms with Gasteiger partial charge in [0.2, 0.25) is 0 Å². The van der Waals surface area contributed by atoms with Crippen molar-refractivity contribution in [2.75, 3.05) is 13.6 Å². The predicted octanol–water partition coefficient (Wildman–Crippen LogP) is 0.256. The van der Waals surface area contributed by atoms with E-state index in [1.165, 1.54) is 0 Å². The summed E-state index contributed by atoms with van der Waals surface area (Å²) in [6.45, 7) is 3.18. The molecule has 0 bridgehead atoms. The Labute approximate surface area is 46.4 Å². The molecule has 0 N–H and O–H groups in total. The van der Waals surface area contributed by atoms with Crippen LogP contribution in [0.25, 0.3) is 0 Å². The van der Waals surface area contributed by atoms with E-state index in [2.05, 4.69) is 6.92 Å². The second-order valence-corrected chi connectivity index (χ2v) is 1.63. The van der Waals surface area contributed by atoms with Crippen molar-refractivity contribution in [1.29, 1.82) is 0 Å². The van der Waals surface area contributed by atoms with E-state index in [9.17, 15) is 0 Å². The molecule has 0 aliphatic rings. The summed E-state index contributed by atoms with van der Waals surface area (Å²) in [5.74, 6) is 0. The topological polar surface area (TPSA) is 3.24 Å². The van der Waals surface area contributed by atoms with Crippen LogP contribution in [0.3, 0.4) is 0 Å². The van der Waals surface area contributed by atoms with Gasteiger partial charge in [-0.05, 0) is 0 Å². The van der Waals surface area contributed by atoms with Crippen molar-refractivity contribution in [3.63, 3.8) is 0 Å². The summed E-state index contributed by atoms with van der Waals surface area (Å²) in [6, 6.07) is 0. The van der Waals surface area contributed by atoms with Crippen molar-refractivity contribution >= 4 is 13.6 Å². The molecule has 0 spiro atoms. The van der Waals surface area contributed by atoms with Crippen LogP contribution >= 0.6 is 0 Å². The molecule has 1 nitrogen and oxygen atoms in total. The zero-order valence-electron chi connectivity index (χ0n) is 5.02. The Hall–Kier alpha value is -0.265. The number of nitrogens with zero attached hydrogens (tertiary/aromatic N) is 1. The first-order valence-corrected chi connectivity index (χ1v) is 2.56. The molecule has 0 aromatic carbocycles. The van der Waals surface area contributed by atoms with Gasteiger partial charge >= 0.3 is 45.4 Å². The van der Waals surface area contributed by atoms with Gasteiger partial charge in [0.25, 0.3) is 0 Å². The Balaban J connectivity index is 2.98. The van der Waals surface area contributed by atoms with Crippen molar-refractivity contribution in [2.24, 2.45) is 0 Å². The average molecular weight is 96.0 g/mol. The predicted molar refractivity (Wildman–Crippen MR) is 34.7 cm³/mol. The minimum atomic E-state index is 1.05. The summed E-state index contributed by atoms with van der Waals surface area (Å²) >= 11 is 0. The first-order chi connectivity index (χ1) is 3.31. The van der Waals surface area contributed by atoms with E-state index in [-0.39, 0.29) is 0 Å². The Bertz CT molecular complexity index is 54.0. The minimum absolute atomic E-state index is 1.05. The van der Waals surface area contributed by atoms with Crippen LogP contribution in [0.4, 0.5) is 0 Å². The maximum absolute atomic E-state index is 5.16. The molecule has 2 heteroatoms. The third-order valence-corrected chi connectivity index (χ3v) is 0.831. The van der Waals surface area contributed by atoms with Gasteiger partial charge in [-0.2, -0.15) is 0 Å². The molecule has 0 atom stereocenters. The summed E-state index contributed by atoms with van der Waals surface area (Å²) in [6.07, 6.45) is 2.74. The van der Waals surface area contributed by atoms with Crippen LogP contribution < -0.4 is 0 Å². The summed E-state index contributed by atoms with van der Waals surface area (Å²) in [4.78, 5) is 1.96. The molecule has 0 aliphatic heterocycles. The van der Waals surface area contributed by atoms with Crippen LogP contribution in [-0.4, -0.2) is 32.1 Å². The third kappa shape index (κ3) is 3.57. The molecular formula is C5H11BN. The van der Waals surface area contributed by atoms with Crippen molar-refractivity contribution in [3.8, 4) is 0 Å². The maximum atomic E-state index is 5.16. The van der Waals surface area contributed by atoms with Crippen molar-refractivity contribution in [3.05, 3.63) is 0 Å². The van der Waals surface area contributed by atoms with Gasteiger partial charge in [-0.1, -0.05) is 0 Å². The summed E-state index contributed by atoms with van der Waals surface area (Å²) in [5, 5.41) is 0. The fourth-order valence-corrected chi connectivity index (χ4v) is 0.427. The summed E-state index contributed by atoms with van der Waals surface area (Å²) < 4.78 is 0. The second kappa shape index (κ2) is 3.91. The fraction of sp³-hybridized carbons (Fsp3) is 0.800. The van der Waals surface area contributed by atoms with E-state index in [4.69, 9.17) is 7.49 Å². The van der Waals surface area contributed by atoms with Crippen LogP contribution in [0, 0.1) is 0 Å². The zero-order valence-corrected chi connectivity index (χ0v) is 5.02. The molecule has 7 heavy (non-hydrogen) atoms. The SMILES string of the molecule is [B]=CN(C)CCC. The van der Waals surface area contributed by atoms with Crippen LogP contribution in [0.1, 0.15) is 13.3 Å². The van der Waals surface area contributed by atoms with Crippen molar-refractivity contribution < 1.29 is 0 Å². The average Bonchev–Trinajstić information content (AvgIpc) is 1.68. The first kappa shape index (κ1) is 6.73.